The van der Waals surface area contributed by atoms with Crippen LogP contribution in [0, 0.1) is 17.8 Å². The third-order valence-corrected chi connectivity index (χ3v) is 3.80. The van der Waals surface area contributed by atoms with Gasteiger partial charge in [0.05, 0.1) is 12.0 Å². The first-order valence-corrected chi connectivity index (χ1v) is 6.86. The zero-order valence-electron chi connectivity index (χ0n) is 11.6. The molecule has 0 N–H and O–H groups in total. The second-order valence-electron chi connectivity index (χ2n) is 5.32. The maximum absolute atomic E-state index is 12.0. The molecule has 0 aromatic rings. The maximum atomic E-state index is 12.0. The van der Waals surface area contributed by atoms with E-state index in [2.05, 4.69) is 13.8 Å². The highest BCUT2D eigenvalue weighted by molar-refractivity contribution is 5.73. The van der Waals surface area contributed by atoms with Crippen LogP contribution < -0.4 is 0 Å². The minimum atomic E-state index is -0.0616. The first-order valence-electron chi connectivity index (χ1n) is 6.86. The molecule has 3 atom stereocenters. The van der Waals surface area contributed by atoms with E-state index >= 15 is 0 Å². The Kier molecular flexibility index (Phi) is 5.96. The van der Waals surface area contributed by atoms with Gasteiger partial charge in [0, 0.05) is 0 Å². The summed E-state index contributed by atoms with van der Waals surface area (Å²) >= 11 is 0. The fourth-order valence-corrected chi connectivity index (χ4v) is 2.65. The number of rotatable bonds is 6. The molecule has 100 valence electrons. The van der Waals surface area contributed by atoms with Crippen molar-refractivity contribution >= 4 is 5.97 Å². The van der Waals surface area contributed by atoms with Crippen LogP contribution in [-0.2, 0) is 14.3 Å². The summed E-state index contributed by atoms with van der Waals surface area (Å²) < 4.78 is 10.5. The largest absolute Gasteiger partial charge is 0.438 e. The van der Waals surface area contributed by atoms with Gasteiger partial charge in [0.2, 0.25) is 0 Å². The average Bonchev–Trinajstić information content (AvgIpc) is 2.71. The number of ether oxygens (including phenoxy) is 2. The van der Waals surface area contributed by atoms with Crippen LogP contribution in [0.1, 0.15) is 53.4 Å². The van der Waals surface area contributed by atoms with Gasteiger partial charge in [0.1, 0.15) is 0 Å². The molecule has 0 aliphatic heterocycles. The van der Waals surface area contributed by atoms with E-state index in [1.165, 1.54) is 12.8 Å². The molecule has 0 aromatic carbocycles. The van der Waals surface area contributed by atoms with Crippen LogP contribution in [0.2, 0.25) is 0 Å². The fraction of sp³-hybridized carbons (Fsp3) is 0.929. The molecule has 0 spiro atoms. The van der Waals surface area contributed by atoms with E-state index in [-0.39, 0.29) is 24.8 Å². The van der Waals surface area contributed by atoms with Crippen molar-refractivity contribution in [2.24, 2.45) is 17.8 Å². The molecular formula is C14H26O3. The highest BCUT2D eigenvalue weighted by Crippen LogP contribution is 2.40. The van der Waals surface area contributed by atoms with Gasteiger partial charge in [0.15, 0.2) is 6.79 Å². The molecular weight excluding hydrogens is 216 g/mol. The number of hydrogen-bond donors (Lipinski definition) is 0. The molecule has 0 radical (unpaired) electrons. The third kappa shape index (κ3) is 4.30. The molecule has 0 aromatic heterocycles. The topological polar surface area (TPSA) is 35.5 Å². The zero-order valence-corrected chi connectivity index (χ0v) is 11.6. The van der Waals surface area contributed by atoms with Gasteiger partial charge in [-0.15, -0.1) is 0 Å². The minimum Gasteiger partial charge on any atom is -0.438 e. The normalized spacial score (nSPS) is 28.6. The molecule has 0 amide bonds. The smallest absolute Gasteiger partial charge is 0.311 e. The highest BCUT2D eigenvalue weighted by Gasteiger charge is 2.37. The van der Waals surface area contributed by atoms with Gasteiger partial charge in [-0.1, -0.05) is 26.7 Å². The first-order chi connectivity index (χ1) is 8.08. The van der Waals surface area contributed by atoms with Crippen molar-refractivity contribution in [2.45, 2.75) is 59.5 Å². The second kappa shape index (κ2) is 7.00. The lowest BCUT2D eigenvalue weighted by atomic mass is 9.94. The lowest BCUT2D eigenvalue weighted by molar-refractivity contribution is -0.165. The Labute approximate surface area is 105 Å². The van der Waals surface area contributed by atoms with Crippen LogP contribution in [0.25, 0.3) is 0 Å². The van der Waals surface area contributed by atoms with E-state index in [1.54, 1.807) is 0 Å². The molecule has 1 aliphatic rings. The van der Waals surface area contributed by atoms with E-state index in [4.69, 9.17) is 9.47 Å². The Bertz CT molecular complexity index is 238. The molecule has 1 rings (SSSR count). The SMILES string of the molecule is CCC1CC(CC)C(C(=O)OCOC(C)C)C1. The van der Waals surface area contributed by atoms with E-state index in [9.17, 15) is 4.79 Å². The van der Waals surface area contributed by atoms with Crippen molar-refractivity contribution in [2.75, 3.05) is 6.79 Å². The molecule has 17 heavy (non-hydrogen) atoms. The lowest BCUT2D eigenvalue weighted by Crippen LogP contribution is -2.23. The molecule has 3 unspecified atom stereocenters. The summed E-state index contributed by atoms with van der Waals surface area (Å²) in [6.07, 6.45) is 4.52. The van der Waals surface area contributed by atoms with E-state index < -0.39 is 0 Å². The van der Waals surface area contributed by atoms with Crippen molar-refractivity contribution in [3.05, 3.63) is 0 Å². The number of carbonyl (C=O) groups is 1. The Morgan fingerprint density at radius 1 is 1.24 bits per heavy atom. The van der Waals surface area contributed by atoms with Crippen LogP contribution in [0.5, 0.6) is 0 Å². The standard InChI is InChI=1S/C14H26O3/c1-5-11-7-12(6-2)13(8-11)14(15)17-9-16-10(3)4/h10-13H,5-9H2,1-4H3. The molecule has 1 fully saturated rings. The van der Waals surface area contributed by atoms with E-state index in [1.807, 2.05) is 13.8 Å². The summed E-state index contributed by atoms with van der Waals surface area (Å²) in [6.45, 7) is 8.33. The van der Waals surface area contributed by atoms with Crippen molar-refractivity contribution in [3.63, 3.8) is 0 Å². The first kappa shape index (κ1) is 14.5. The Hall–Kier alpha value is -0.570. The molecule has 0 saturated heterocycles. The molecule has 0 heterocycles. The molecule has 3 nitrogen and oxygen atoms in total. The van der Waals surface area contributed by atoms with Crippen LogP contribution in [0.15, 0.2) is 0 Å². The number of esters is 1. The van der Waals surface area contributed by atoms with Crippen molar-refractivity contribution in [1.29, 1.82) is 0 Å². The van der Waals surface area contributed by atoms with Gasteiger partial charge >= 0.3 is 5.97 Å². The maximum Gasteiger partial charge on any atom is 0.311 e. The minimum absolute atomic E-state index is 0.0616. The third-order valence-electron chi connectivity index (χ3n) is 3.80. The molecule has 3 heteroatoms. The fourth-order valence-electron chi connectivity index (χ4n) is 2.65. The van der Waals surface area contributed by atoms with Gasteiger partial charge in [-0.3, -0.25) is 4.79 Å². The van der Waals surface area contributed by atoms with Gasteiger partial charge < -0.3 is 9.47 Å². The number of hydrogen-bond acceptors (Lipinski definition) is 3. The van der Waals surface area contributed by atoms with Gasteiger partial charge in [-0.25, -0.2) is 0 Å². The van der Waals surface area contributed by atoms with Crippen molar-refractivity contribution in [3.8, 4) is 0 Å². The average molecular weight is 242 g/mol. The van der Waals surface area contributed by atoms with Crippen molar-refractivity contribution < 1.29 is 14.3 Å². The monoisotopic (exact) mass is 242 g/mol. The zero-order chi connectivity index (χ0) is 12.8. The van der Waals surface area contributed by atoms with Crippen LogP contribution in [0.3, 0.4) is 0 Å². The van der Waals surface area contributed by atoms with Crippen LogP contribution in [-0.4, -0.2) is 18.9 Å². The Morgan fingerprint density at radius 2 is 1.94 bits per heavy atom. The van der Waals surface area contributed by atoms with Gasteiger partial charge in [-0.2, -0.15) is 0 Å². The summed E-state index contributed by atoms with van der Waals surface area (Å²) in [5, 5.41) is 0. The van der Waals surface area contributed by atoms with E-state index in [0.717, 1.165) is 12.8 Å². The summed E-state index contributed by atoms with van der Waals surface area (Å²) in [5.41, 5.74) is 0. The summed E-state index contributed by atoms with van der Waals surface area (Å²) in [4.78, 5) is 12.0. The summed E-state index contributed by atoms with van der Waals surface area (Å²) in [7, 11) is 0. The predicted octanol–water partition coefficient (Wildman–Crippen LogP) is 3.37. The lowest BCUT2D eigenvalue weighted by Gasteiger charge is -2.17. The highest BCUT2D eigenvalue weighted by atomic mass is 16.7. The number of carbonyl (C=O) groups excluding carboxylic acids is 1. The Morgan fingerprint density at radius 3 is 2.47 bits per heavy atom. The molecule has 0 bridgehead atoms. The summed E-state index contributed by atoms with van der Waals surface area (Å²) in [5.74, 6) is 1.24. The molecule has 1 aliphatic carbocycles. The second-order valence-corrected chi connectivity index (χ2v) is 5.32. The van der Waals surface area contributed by atoms with Crippen LogP contribution in [0.4, 0.5) is 0 Å². The van der Waals surface area contributed by atoms with E-state index in [0.29, 0.717) is 11.8 Å². The Balaban J connectivity index is 2.39. The van der Waals surface area contributed by atoms with Crippen molar-refractivity contribution in [1.82, 2.24) is 0 Å². The van der Waals surface area contributed by atoms with Gasteiger partial charge in [-0.05, 0) is 38.5 Å². The van der Waals surface area contributed by atoms with Crippen LogP contribution >= 0.6 is 0 Å². The predicted molar refractivity (Wildman–Crippen MR) is 67.5 cm³/mol. The quantitative estimate of drug-likeness (QED) is 0.529. The molecule has 1 saturated carbocycles. The van der Waals surface area contributed by atoms with Gasteiger partial charge in [0.25, 0.3) is 0 Å². The summed E-state index contributed by atoms with van der Waals surface area (Å²) in [6, 6.07) is 0.